The lowest BCUT2D eigenvalue weighted by Gasteiger charge is -2.60. The Morgan fingerprint density at radius 3 is 1.07 bits per heavy atom. The van der Waals surface area contributed by atoms with E-state index in [9.17, 15) is 0 Å². The molecule has 5 heterocycles. The number of rotatable bonds is 12. The first-order valence-electron chi connectivity index (χ1n) is 36.2. The Morgan fingerprint density at radius 2 is 0.760 bits per heavy atom. The molecule has 13 aromatic rings. The fraction of sp³-hybridized carbons (Fsp3) is 0.247. The SMILES string of the molecule is C/C=C/c1ncncn1.CC#Cc1nc(-c2ccccc2)nc(-c2ccccc2)n1.CC12CC3CC(C1)CC(c1nc(-c4ccccc4)nc(-c4ccccc4)n1)(C3)C2.CC1CC2CC1C2c1nc(-c2ccccc2)nc(-c2ccccc2)n1.CCc1nc(-c2ccccc2)nc(-c2ccccc2)n1. The van der Waals surface area contributed by atoms with Gasteiger partial charge < -0.3 is 0 Å². The Labute approximate surface area is 609 Å². The first-order chi connectivity index (χ1) is 51.1. The van der Waals surface area contributed by atoms with Gasteiger partial charge in [-0.25, -0.2) is 74.8 Å². The van der Waals surface area contributed by atoms with Crippen molar-refractivity contribution in [2.24, 2.45) is 35.0 Å². The number of fused-ring (bicyclic) bond motifs is 1. The minimum absolute atomic E-state index is 0.134. The predicted octanol–water partition coefficient (Wildman–Crippen LogP) is 19.3. The van der Waals surface area contributed by atoms with E-state index < -0.39 is 0 Å². The van der Waals surface area contributed by atoms with Crippen LogP contribution >= 0.6 is 0 Å². The van der Waals surface area contributed by atoms with Crippen molar-refractivity contribution >= 4 is 6.08 Å². The molecular formula is C89H83N15. The summed E-state index contributed by atoms with van der Waals surface area (Å²) in [5.41, 5.74) is 8.81. The molecule has 7 aliphatic carbocycles. The Balaban J connectivity index is 0.000000113. The van der Waals surface area contributed by atoms with Crippen LogP contribution in [0.25, 0.3) is 97.2 Å². The van der Waals surface area contributed by atoms with Crippen LogP contribution in [0.1, 0.15) is 121 Å². The molecule has 0 saturated heterocycles. The van der Waals surface area contributed by atoms with Crippen LogP contribution in [-0.2, 0) is 11.8 Å². The van der Waals surface area contributed by atoms with Crippen molar-refractivity contribution in [2.45, 2.75) is 104 Å². The quantitative estimate of drug-likeness (QED) is 0.105. The van der Waals surface area contributed by atoms with Crippen molar-refractivity contribution < 1.29 is 0 Å². The van der Waals surface area contributed by atoms with Crippen LogP contribution in [0.3, 0.4) is 0 Å². The van der Waals surface area contributed by atoms with E-state index >= 15 is 0 Å². The molecule has 514 valence electrons. The molecule has 0 radical (unpaired) electrons. The second kappa shape index (κ2) is 32.4. The highest BCUT2D eigenvalue weighted by molar-refractivity contribution is 5.65. The lowest BCUT2D eigenvalue weighted by molar-refractivity contribution is -0.0648. The molecule has 6 atom stereocenters. The maximum Gasteiger partial charge on any atom is 0.208 e. The van der Waals surface area contributed by atoms with Gasteiger partial charge in [0, 0.05) is 62.3 Å². The summed E-state index contributed by atoms with van der Waals surface area (Å²) in [4.78, 5) is 68.2. The van der Waals surface area contributed by atoms with Gasteiger partial charge in [0.05, 0.1) is 0 Å². The smallest absolute Gasteiger partial charge is 0.208 e. The molecule has 20 rings (SSSR count). The molecular weight excluding hydrogens is 1280 g/mol. The van der Waals surface area contributed by atoms with Crippen molar-refractivity contribution in [1.29, 1.82) is 0 Å². The van der Waals surface area contributed by atoms with Crippen LogP contribution in [-0.4, -0.2) is 74.8 Å². The fourth-order valence-electron chi connectivity index (χ4n) is 16.2. The van der Waals surface area contributed by atoms with Crippen LogP contribution < -0.4 is 0 Å². The molecule has 6 bridgehead atoms. The molecule has 0 amide bonds. The predicted molar refractivity (Wildman–Crippen MR) is 412 cm³/mol. The molecule has 15 heteroatoms. The summed E-state index contributed by atoms with van der Waals surface area (Å²) in [6.45, 7) is 10.6. The third-order valence-electron chi connectivity index (χ3n) is 20.3. The Bertz CT molecular complexity index is 4810. The van der Waals surface area contributed by atoms with E-state index in [1.807, 2.05) is 189 Å². The third kappa shape index (κ3) is 16.5. The van der Waals surface area contributed by atoms with Crippen LogP contribution in [0, 0.1) is 46.8 Å². The largest absolute Gasteiger partial charge is 0.225 e. The van der Waals surface area contributed by atoms with E-state index in [-0.39, 0.29) is 5.41 Å². The fourth-order valence-corrected chi connectivity index (χ4v) is 16.2. The minimum Gasteiger partial charge on any atom is -0.225 e. The molecule has 0 aliphatic heterocycles. The van der Waals surface area contributed by atoms with Gasteiger partial charge in [-0.1, -0.05) is 275 Å². The maximum atomic E-state index is 5.13. The van der Waals surface area contributed by atoms with Gasteiger partial charge in [0.2, 0.25) is 5.82 Å². The number of allylic oxidation sites excluding steroid dienone is 1. The Morgan fingerprint density at radius 1 is 0.413 bits per heavy atom. The van der Waals surface area contributed by atoms with E-state index in [2.05, 4.69) is 150 Å². The van der Waals surface area contributed by atoms with Gasteiger partial charge in [-0.05, 0) is 112 Å². The van der Waals surface area contributed by atoms with E-state index in [1.54, 1.807) is 6.92 Å². The molecule has 6 unspecified atom stereocenters. The summed E-state index contributed by atoms with van der Waals surface area (Å²) < 4.78 is 0. The molecule has 7 aliphatic rings. The second-order valence-electron chi connectivity index (χ2n) is 28.0. The number of nitrogens with zero attached hydrogens (tertiary/aromatic N) is 15. The normalized spacial score (nSPS) is 20.4. The van der Waals surface area contributed by atoms with Gasteiger partial charge in [-0.3, -0.25) is 0 Å². The van der Waals surface area contributed by atoms with Crippen LogP contribution in [0.5, 0.6) is 0 Å². The highest BCUT2D eigenvalue weighted by atomic mass is 15.1. The average molecular weight is 1360 g/mol. The van der Waals surface area contributed by atoms with Crippen molar-refractivity contribution in [1.82, 2.24) is 74.8 Å². The van der Waals surface area contributed by atoms with Crippen LogP contribution in [0.15, 0.2) is 261 Å². The molecule has 104 heavy (non-hydrogen) atoms. The highest BCUT2D eigenvalue weighted by Crippen LogP contribution is 2.65. The van der Waals surface area contributed by atoms with Gasteiger partial charge in [0.15, 0.2) is 52.4 Å². The minimum atomic E-state index is 0.134. The molecule has 5 aromatic heterocycles. The highest BCUT2D eigenvalue weighted by Gasteiger charge is 2.58. The molecule has 7 saturated carbocycles. The topological polar surface area (TPSA) is 193 Å². The van der Waals surface area contributed by atoms with E-state index in [4.69, 9.17) is 29.9 Å². The molecule has 7 fully saturated rings. The van der Waals surface area contributed by atoms with E-state index in [1.165, 1.54) is 64.0 Å². The van der Waals surface area contributed by atoms with Gasteiger partial charge in [0.25, 0.3) is 0 Å². The summed E-state index contributed by atoms with van der Waals surface area (Å²) in [5, 5.41) is 0. The average Bonchev–Trinajstić information content (AvgIpc) is 0.902. The van der Waals surface area contributed by atoms with Crippen molar-refractivity contribution in [3.63, 3.8) is 0 Å². The summed E-state index contributed by atoms with van der Waals surface area (Å²) in [5.74, 6) is 20.3. The van der Waals surface area contributed by atoms with Crippen molar-refractivity contribution in [2.75, 3.05) is 0 Å². The first kappa shape index (κ1) is 69.2. The first-order valence-corrected chi connectivity index (χ1v) is 36.2. The zero-order valence-electron chi connectivity index (χ0n) is 59.4. The number of aryl methyl sites for hydroxylation is 1. The Hall–Kier alpha value is -11.9. The van der Waals surface area contributed by atoms with Crippen LogP contribution in [0.2, 0.25) is 0 Å². The number of benzene rings is 8. The molecule has 0 spiro atoms. The standard InChI is InChI=1S/C26H27N3.C22H21N3.C18H13N3.C17H15N3.C6H7N3/c1-25-13-18-12-19(14-25)16-26(15-18,17-25)24-28-22(20-8-4-2-5-9-20)27-23(29-24)21-10-6-3-7-11-21;1-14-12-17-13-18(14)19(17)22-24-20(15-8-4-2-5-9-15)23-21(25-22)16-10-6-3-7-11-16;1-2-9-16-19-17(14-10-5-3-6-11-14)21-18(20-16)15-12-7-4-8-13-15;1-2-15-18-16(13-9-5-3-6-10-13)20-17(19-15)14-11-7-4-8-12-14;1-2-3-6-8-4-7-5-9-6/h2-11,18-19H,12-17H2,1H3;2-11,14,17-19H,12-13H2,1H3;3-8,10-13H,1H3;3-12H,2H2,1H3;2-5H,1H3/b;;;;3-2+. The third-order valence-corrected chi connectivity index (χ3v) is 20.3. The lowest BCUT2D eigenvalue weighted by atomic mass is 9.44. The van der Waals surface area contributed by atoms with Gasteiger partial charge in [-0.2, -0.15) is 0 Å². The number of hydrogen-bond donors (Lipinski definition) is 0. The maximum absolute atomic E-state index is 5.13. The van der Waals surface area contributed by atoms with Gasteiger partial charge >= 0.3 is 0 Å². The number of hydrogen-bond acceptors (Lipinski definition) is 15. The molecule has 15 nitrogen and oxygen atoms in total. The Kier molecular flexibility index (Phi) is 21.6. The van der Waals surface area contributed by atoms with Crippen molar-refractivity contribution in [3.8, 4) is 103 Å². The summed E-state index contributed by atoms with van der Waals surface area (Å²) in [7, 11) is 0. The zero-order valence-corrected chi connectivity index (χ0v) is 59.4. The van der Waals surface area contributed by atoms with Gasteiger partial charge in [0.1, 0.15) is 30.1 Å². The zero-order chi connectivity index (χ0) is 71.1. The van der Waals surface area contributed by atoms with Gasteiger partial charge in [-0.15, -0.1) is 0 Å². The molecule has 8 aromatic carbocycles. The van der Waals surface area contributed by atoms with E-state index in [0.29, 0.717) is 34.6 Å². The summed E-state index contributed by atoms with van der Waals surface area (Å²) in [6.07, 6.45) is 18.1. The number of aromatic nitrogens is 15. The van der Waals surface area contributed by atoms with E-state index in [0.717, 1.165) is 133 Å². The monoisotopic (exact) mass is 1360 g/mol. The second-order valence-corrected chi connectivity index (χ2v) is 28.0. The summed E-state index contributed by atoms with van der Waals surface area (Å²) in [6, 6.07) is 81.0. The van der Waals surface area contributed by atoms with Crippen molar-refractivity contribution in [3.05, 3.63) is 291 Å². The lowest BCUT2D eigenvalue weighted by Crippen LogP contribution is -2.53. The summed E-state index contributed by atoms with van der Waals surface area (Å²) >= 11 is 0. The van der Waals surface area contributed by atoms with Crippen LogP contribution in [0.4, 0.5) is 0 Å². The molecule has 0 N–H and O–H groups in total.